The highest BCUT2D eigenvalue weighted by atomic mass is 19.4. The fraction of sp³-hybridized carbons (Fsp3) is 0.417. The van der Waals surface area contributed by atoms with Crippen molar-refractivity contribution < 1.29 is 98.4 Å². The van der Waals surface area contributed by atoms with Crippen molar-refractivity contribution in [3.05, 3.63) is 120 Å². The van der Waals surface area contributed by atoms with Gasteiger partial charge < -0.3 is 50.0 Å². The molecule has 4 N–H and O–H groups in total. The van der Waals surface area contributed by atoms with E-state index in [1.54, 1.807) is 153 Å². The van der Waals surface area contributed by atoms with E-state index in [2.05, 4.69) is 41.2 Å². The van der Waals surface area contributed by atoms with E-state index in [-0.39, 0.29) is 42.7 Å². The van der Waals surface area contributed by atoms with Crippen molar-refractivity contribution in [2.45, 2.75) is 129 Å². The number of alkyl halides is 6. The molecular formula is C72H83F6N19O15. The molecule has 4 atom stereocenters. The van der Waals surface area contributed by atoms with Crippen LogP contribution in [0, 0.1) is 13.8 Å². The van der Waals surface area contributed by atoms with Gasteiger partial charge in [0.15, 0.2) is 0 Å². The lowest BCUT2D eigenvalue weighted by molar-refractivity contribution is -0.139. The summed E-state index contributed by atoms with van der Waals surface area (Å²) in [4.78, 5) is 152. The number of halogens is 6. The molecule has 8 aromatic rings. The number of pyridine rings is 2. The van der Waals surface area contributed by atoms with Crippen LogP contribution < -0.4 is 40.4 Å². The number of benzene rings is 3. The number of aryl methyl sites for hydroxylation is 5. The zero-order chi connectivity index (χ0) is 83.1. The van der Waals surface area contributed by atoms with Gasteiger partial charge in [0, 0.05) is 93.4 Å². The molecule has 34 nitrogen and oxygen atoms in total. The molecule has 9 heterocycles. The molecule has 4 saturated heterocycles. The number of urea groups is 4. The first-order valence-electron chi connectivity index (χ1n) is 34.4. The van der Waals surface area contributed by atoms with Gasteiger partial charge in [0.2, 0.25) is 0 Å². The van der Waals surface area contributed by atoms with Crippen LogP contribution in [0.3, 0.4) is 0 Å². The molecule has 0 aliphatic carbocycles. The van der Waals surface area contributed by atoms with Crippen LogP contribution in [0.5, 0.6) is 0 Å². The number of nitrogens with zero attached hydrogens (tertiary/aromatic N) is 16. The normalized spacial score (nSPS) is 17.2. The summed E-state index contributed by atoms with van der Waals surface area (Å²) in [5.74, 6) is -3.23. The van der Waals surface area contributed by atoms with Crippen LogP contribution in [0.25, 0.3) is 32.7 Å². The average Bonchev–Trinajstić information content (AvgIpc) is 1.59. The quantitative estimate of drug-likeness (QED) is 0.0771. The van der Waals surface area contributed by atoms with E-state index < -0.39 is 137 Å². The molecule has 40 heteroatoms. The van der Waals surface area contributed by atoms with Crippen LogP contribution in [-0.2, 0) is 66.9 Å². The van der Waals surface area contributed by atoms with Crippen molar-refractivity contribution in [1.29, 1.82) is 0 Å². The third-order valence-corrected chi connectivity index (χ3v) is 17.3. The summed E-state index contributed by atoms with van der Waals surface area (Å²) in [7, 11) is 9.99. The van der Waals surface area contributed by atoms with Gasteiger partial charge in [-0.25, -0.2) is 63.0 Å². The fourth-order valence-electron chi connectivity index (χ4n) is 11.7. The standard InChI is InChI=1S/C25H27F3N6O4.C20H19F3N6O2.C18H23N5O4.C9H14N2O5/c1-14-9-16(25(26,27)28)10-20(30-14)34-19(13-33(22(34)36)23(37)38-24(2,3)4)21(35)31(5)17-8-7-15-12-29-32(6)18(15)11-17;1-11-6-13(20(21,22)23)7-17(26-11)29-16(10-24-19(29)31)18(30)27(2)14-5-4-12-9-25-28(3)15(12)8-14;1-18(2,3)27-17(26)23-10-13(20-16(23)25)15(24)21(4)12-7-6-11-9-19-22(5)14(11)8-12;1-9(2,3)16-8(15)11-4-5(6(12)13)10-7(11)14/h7-12,19H,13H2,1-6H3;4-9,16H,10H2,1-3H3,(H,24,31);6-9,13H,10H2,1-5H3,(H,20,25);5H,4H2,1-3H3,(H,10,14)(H,12,13)/t19-;16-;13-;5-/m0000/s1. The number of rotatable bonds is 9. The Bertz CT molecular complexity index is 5040. The molecule has 112 heavy (non-hydrogen) atoms. The molecule has 4 fully saturated rings. The van der Waals surface area contributed by atoms with E-state index in [1.807, 2.05) is 31.3 Å². The Morgan fingerprint density at radius 2 is 0.812 bits per heavy atom. The number of aliphatic carboxylic acids is 1. The molecular weight excluding hydrogens is 1480 g/mol. The highest BCUT2D eigenvalue weighted by molar-refractivity contribution is 6.12. The topological polar surface area (TPSA) is 377 Å². The second-order valence-corrected chi connectivity index (χ2v) is 29.3. The van der Waals surface area contributed by atoms with Crippen LogP contribution in [0.1, 0.15) is 84.8 Å². The maximum atomic E-state index is 13.7. The lowest BCUT2D eigenvalue weighted by Gasteiger charge is -2.27. The number of likely N-dealkylation sites (N-methyl/N-ethyl adjacent to an activating group) is 3. The number of carbonyl (C=O) groups is 11. The van der Waals surface area contributed by atoms with E-state index in [0.717, 1.165) is 70.5 Å². The molecule has 0 bridgehead atoms. The zero-order valence-electron chi connectivity index (χ0n) is 64.0. The maximum Gasteiger partial charge on any atom is 0.418 e. The first-order chi connectivity index (χ1) is 51.9. The van der Waals surface area contributed by atoms with Crippen molar-refractivity contribution in [3.63, 3.8) is 0 Å². The Labute approximate surface area is 636 Å². The van der Waals surface area contributed by atoms with Gasteiger partial charge >= 0.3 is 60.7 Å². The number of nitrogens with one attached hydrogen (secondary N) is 3. The molecule has 4 aliphatic rings. The third kappa shape index (κ3) is 19.1. The fourth-order valence-corrected chi connectivity index (χ4v) is 11.7. The highest BCUT2D eigenvalue weighted by Crippen LogP contribution is 2.37. The van der Waals surface area contributed by atoms with Crippen LogP contribution in [-0.4, -0.2) is 214 Å². The van der Waals surface area contributed by atoms with Gasteiger partial charge in [0.25, 0.3) is 17.7 Å². The Morgan fingerprint density at radius 1 is 0.464 bits per heavy atom. The van der Waals surface area contributed by atoms with E-state index in [9.17, 15) is 79.1 Å². The molecule has 0 unspecified atom stereocenters. The monoisotopic (exact) mass is 1570 g/mol. The van der Waals surface area contributed by atoms with Gasteiger partial charge in [0.1, 0.15) is 52.6 Å². The summed E-state index contributed by atoms with van der Waals surface area (Å²) in [6.07, 6.45) is -6.84. The van der Waals surface area contributed by atoms with E-state index in [4.69, 9.17) is 19.3 Å². The molecule has 12 rings (SSSR count). The number of carboxylic acids is 1. The smallest absolute Gasteiger partial charge is 0.418 e. The van der Waals surface area contributed by atoms with Gasteiger partial charge in [-0.1, -0.05) is 0 Å². The van der Waals surface area contributed by atoms with Crippen molar-refractivity contribution in [3.8, 4) is 0 Å². The van der Waals surface area contributed by atoms with Gasteiger partial charge in [0.05, 0.1) is 65.9 Å². The number of carboxylic acid groups (broad SMARTS) is 1. The number of fused-ring (bicyclic) bond motifs is 3. The maximum absolute atomic E-state index is 13.7. The average molecular weight is 1570 g/mol. The number of anilines is 5. The Kier molecular flexibility index (Phi) is 23.6. The Balaban J connectivity index is 0.000000178. The van der Waals surface area contributed by atoms with Gasteiger partial charge in [-0.15, -0.1) is 0 Å². The predicted molar refractivity (Wildman–Crippen MR) is 393 cm³/mol. The summed E-state index contributed by atoms with van der Waals surface area (Å²) in [6.45, 7) is 16.9. The van der Waals surface area contributed by atoms with E-state index >= 15 is 0 Å². The lowest BCUT2D eigenvalue weighted by atomic mass is 10.1. The second kappa shape index (κ2) is 31.7. The number of amides is 14. The van der Waals surface area contributed by atoms with Crippen molar-refractivity contribution in [1.82, 2.24) is 70.0 Å². The Morgan fingerprint density at radius 3 is 1.18 bits per heavy atom. The van der Waals surface area contributed by atoms with Crippen molar-refractivity contribution >= 4 is 128 Å². The van der Waals surface area contributed by atoms with E-state index in [0.29, 0.717) is 28.0 Å². The van der Waals surface area contributed by atoms with Crippen molar-refractivity contribution in [2.24, 2.45) is 21.1 Å². The van der Waals surface area contributed by atoms with Crippen LogP contribution in [0.4, 0.5) is 88.6 Å². The van der Waals surface area contributed by atoms with Crippen LogP contribution >= 0.6 is 0 Å². The first kappa shape index (κ1) is 83.4. The largest absolute Gasteiger partial charge is 0.480 e. The SMILES string of the molecule is CC(C)(C)OC(=O)N1C[C@@H](C(=O)O)NC1=O.CN(C(=O)[C@@H]1CN(C(=O)OC(C)(C)C)C(=O)N1)c1ccc2cnn(C)c2c1.Cc1cc(C(F)(F)F)cc(N2C(=O)N(C(=O)OC(C)(C)C)C[C@H]2C(=O)N(C)c2ccc3cnn(C)c3c2)n1.Cc1cc(C(F)(F)F)cc(N2C(=O)NC[C@H]2C(=O)N(C)c2ccc3cnn(C)c3c2)n1. The highest BCUT2D eigenvalue weighted by Gasteiger charge is 2.50. The van der Waals surface area contributed by atoms with Gasteiger partial charge in [-0.3, -0.25) is 38.2 Å². The number of imide groups is 3. The predicted octanol–water partition coefficient (Wildman–Crippen LogP) is 9.63. The summed E-state index contributed by atoms with van der Waals surface area (Å²) in [5.41, 5.74) is -0.171. The molecule has 3 aromatic carbocycles. The lowest BCUT2D eigenvalue weighted by Crippen LogP contribution is -2.47. The molecule has 14 amide bonds. The number of hydrogen-bond acceptors (Lipinski definition) is 19. The van der Waals surface area contributed by atoms with Crippen LogP contribution in [0.15, 0.2) is 97.5 Å². The molecule has 0 saturated carbocycles. The van der Waals surface area contributed by atoms with Gasteiger partial charge in [-0.2, -0.15) is 41.6 Å². The minimum Gasteiger partial charge on any atom is -0.480 e. The summed E-state index contributed by atoms with van der Waals surface area (Å²) in [6, 6.07) is 11.8. The molecule has 4 aliphatic heterocycles. The zero-order valence-corrected chi connectivity index (χ0v) is 64.0. The molecule has 598 valence electrons. The summed E-state index contributed by atoms with van der Waals surface area (Å²) < 4.78 is 101. The number of aromatic nitrogens is 8. The third-order valence-electron chi connectivity index (χ3n) is 17.3. The number of ether oxygens (including phenoxy) is 3. The molecule has 5 aromatic heterocycles. The minimum atomic E-state index is -4.72. The minimum absolute atomic E-state index is 0.0143. The Hall–Kier alpha value is -12.7. The second-order valence-electron chi connectivity index (χ2n) is 29.3. The van der Waals surface area contributed by atoms with Crippen molar-refractivity contribution in [2.75, 3.05) is 71.8 Å². The number of hydrogen-bond donors (Lipinski definition) is 4. The summed E-state index contributed by atoms with van der Waals surface area (Å²) >= 11 is 0. The first-order valence-corrected chi connectivity index (χ1v) is 34.4. The van der Waals surface area contributed by atoms with E-state index in [1.165, 1.54) is 35.6 Å². The summed E-state index contributed by atoms with van der Waals surface area (Å²) in [5, 5.41) is 31.1. The molecule has 0 spiro atoms. The van der Waals surface area contributed by atoms with Gasteiger partial charge in [-0.05, 0) is 155 Å². The van der Waals surface area contributed by atoms with Crippen LogP contribution in [0.2, 0.25) is 0 Å². The molecule has 0 radical (unpaired) electrons. The number of carbonyl (C=O) groups excluding carboxylic acids is 10.